The van der Waals surface area contributed by atoms with Crippen LogP contribution in [0.15, 0.2) is 22.7 Å². The molecule has 0 radical (unpaired) electrons. The van der Waals surface area contributed by atoms with Crippen LogP contribution < -0.4 is 5.73 Å². The molecule has 0 bridgehead atoms. The highest BCUT2D eigenvalue weighted by molar-refractivity contribution is 9.10. The molecule has 3 heteroatoms. The number of hydrogen-bond donors (Lipinski definition) is 1. The minimum atomic E-state index is 0.594. The second-order valence-electron chi connectivity index (χ2n) is 4.36. The lowest BCUT2D eigenvalue weighted by Gasteiger charge is -2.25. The van der Waals surface area contributed by atoms with Gasteiger partial charge in [0, 0.05) is 28.3 Å². The molecule has 0 aliphatic heterocycles. The molecule has 90 valence electrons. The first kappa shape index (κ1) is 13.5. The van der Waals surface area contributed by atoms with E-state index in [-0.39, 0.29) is 0 Å². The fourth-order valence-corrected chi connectivity index (χ4v) is 2.29. The Bertz CT molecular complexity index is 318. The van der Waals surface area contributed by atoms with Crippen molar-refractivity contribution in [3.05, 3.63) is 28.2 Å². The first-order chi connectivity index (χ1) is 7.56. The van der Waals surface area contributed by atoms with Gasteiger partial charge in [0.05, 0.1) is 0 Å². The smallest absolute Gasteiger partial charge is 0.0371 e. The molecule has 0 aromatic heterocycles. The SMILES string of the molecule is CCCC(C)N(C)Cc1c(N)cccc1Br. The lowest BCUT2D eigenvalue weighted by atomic mass is 10.1. The van der Waals surface area contributed by atoms with Crippen LogP contribution in [-0.4, -0.2) is 18.0 Å². The number of nitrogen functional groups attached to an aromatic ring is 1. The van der Waals surface area contributed by atoms with Crippen molar-refractivity contribution in [2.45, 2.75) is 39.3 Å². The minimum absolute atomic E-state index is 0.594. The zero-order chi connectivity index (χ0) is 12.1. The van der Waals surface area contributed by atoms with E-state index in [0.29, 0.717) is 6.04 Å². The lowest BCUT2D eigenvalue weighted by molar-refractivity contribution is 0.237. The molecule has 0 amide bonds. The molecule has 1 atom stereocenters. The quantitative estimate of drug-likeness (QED) is 0.837. The molecule has 1 aromatic rings. The summed E-state index contributed by atoms with van der Waals surface area (Å²) < 4.78 is 1.10. The Balaban J connectivity index is 2.72. The van der Waals surface area contributed by atoms with E-state index >= 15 is 0 Å². The van der Waals surface area contributed by atoms with Gasteiger partial charge in [0.1, 0.15) is 0 Å². The standard InChI is InChI=1S/C13H21BrN2/c1-4-6-10(2)16(3)9-11-12(14)7-5-8-13(11)15/h5,7-8,10H,4,6,9,15H2,1-3H3. The average molecular weight is 285 g/mol. The second kappa shape index (κ2) is 6.26. The van der Waals surface area contributed by atoms with E-state index in [9.17, 15) is 0 Å². The molecule has 16 heavy (non-hydrogen) atoms. The summed E-state index contributed by atoms with van der Waals surface area (Å²) in [5, 5.41) is 0. The Labute approximate surface area is 107 Å². The van der Waals surface area contributed by atoms with Gasteiger partial charge in [-0.1, -0.05) is 35.3 Å². The Kier molecular flexibility index (Phi) is 5.29. The predicted octanol–water partition coefficient (Wildman–Crippen LogP) is 3.65. The van der Waals surface area contributed by atoms with Crippen LogP contribution >= 0.6 is 15.9 Å². The van der Waals surface area contributed by atoms with Crippen LogP contribution in [0, 0.1) is 0 Å². The first-order valence-corrected chi connectivity index (χ1v) is 6.58. The van der Waals surface area contributed by atoms with Crippen LogP contribution in [0.4, 0.5) is 5.69 Å². The molecule has 0 fully saturated rings. The third-order valence-corrected chi connectivity index (χ3v) is 3.76. The second-order valence-corrected chi connectivity index (χ2v) is 5.21. The maximum Gasteiger partial charge on any atom is 0.0371 e. The largest absolute Gasteiger partial charge is 0.398 e. The van der Waals surface area contributed by atoms with E-state index in [4.69, 9.17) is 5.73 Å². The maximum absolute atomic E-state index is 5.99. The molecule has 1 aromatic carbocycles. The summed E-state index contributed by atoms with van der Waals surface area (Å²) in [6, 6.07) is 6.57. The molecule has 1 unspecified atom stereocenters. The van der Waals surface area contributed by atoms with Gasteiger partial charge in [-0.25, -0.2) is 0 Å². The van der Waals surface area contributed by atoms with Crippen molar-refractivity contribution >= 4 is 21.6 Å². The molecule has 0 heterocycles. The van der Waals surface area contributed by atoms with E-state index in [2.05, 4.69) is 41.7 Å². The molecule has 0 spiro atoms. The van der Waals surface area contributed by atoms with Crippen LogP contribution in [0.5, 0.6) is 0 Å². The van der Waals surface area contributed by atoms with Gasteiger partial charge < -0.3 is 5.73 Å². The summed E-state index contributed by atoms with van der Waals surface area (Å²) in [7, 11) is 2.15. The van der Waals surface area contributed by atoms with Gasteiger partial charge in [-0.3, -0.25) is 4.90 Å². The Morgan fingerprint density at radius 1 is 1.44 bits per heavy atom. The number of rotatable bonds is 5. The van der Waals surface area contributed by atoms with Crippen LogP contribution in [0.1, 0.15) is 32.3 Å². The zero-order valence-electron chi connectivity index (χ0n) is 10.3. The van der Waals surface area contributed by atoms with Crippen LogP contribution in [0.3, 0.4) is 0 Å². The van der Waals surface area contributed by atoms with Gasteiger partial charge in [-0.2, -0.15) is 0 Å². The van der Waals surface area contributed by atoms with Crippen molar-refractivity contribution in [3.63, 3.8) is 0 Å². The molecule has 0 aliphatic rings. The van der Waals surface area contributed by atoms with E-state index in [1.807, 2.05) is 18.2 Å². The van der Waals surface area contributed by atoms with E-state index < -0.39 is 0 Å². The zero-order valence-corrected chi connectivity index (χ0v) is 11.9. The van der Waals surface area contributed by atoms with E-state index in [1.54, 1.807) is 0 Å². The molecule has 2 nitrogen and oxygen atoms in total. The van der Waals surface area contributed by atoms with Crippen LogP contribution in [0.2, 0.25) is 0 Å². The van der Waals surface area contributed by atoms with Gasteiger partial charge in [0.25, 0.3) is 0 Å². The van der Waals surface area contributed by atoms with Gasteiger partial charge in [-0.05, 0) is 32.5 Å². The number of benzene rings is 1. The Morgan fingerprint density at radius 2 is 2.12 bits per heavy atom. The monoisotopic (exact) mass is 284 g/mol. The fraction of sp³-hybridized carbons (Fsp3) is 0.538. The normalized spacial score (nSPS) is 13.1. The number of hydrogen-bond acceptors (Lipinski definition) is 2. The number of anilines is 1. The highest BCUT2D eigenvalue weighted by atomic mass is 79.9. The van der Waals surface area contributed by atoms with Crippen molar-refractivity contribution in [2.24, 2.45) is 0 Å². The highest BCUT2D eigenvalue weighted by Crippen LogP contribution is 2.24. The summed E-state index contributed by atoms with van der Waals surface area (Å²) in [6.07, 6.45) is 2.44. The summed E-state index contributed by atoms with van der Waals surface area (Å²) in [5.74, 6) is 0. The van der Waals surface area contributed by atoms with E-state index in [0.717, 1.165) is 16.7 Å². The van der Waals surface area contributed by atoms with Gasteiger partial charge >= 0.3 is 0 Å². The summed E-state index contributed by atoms with van der Waals surface area (Å²) in [6.45, 7) is 5.38. The summed E-state index contributed by atoms with van der Waals surface area (Å²) in [5.41, 5.74) is 8.04. The molecular formula is C13H21BrN2. The molecule has 0 saturated carbocycles. The topological polar surface area (TPSA) is 29.3 Å². The van der Waals surface area contributed by atoms with Crippen molar-refractivity contribution < 1.29 is 0 Å². The molecule has 1 rings (SSSR count). The molecule has 2 N–H and O–H groups in total. The van der Waals surface area contributed by atoms with Crippen molar-refractivity contribution in [2.75, 3.05) is 12.8 Å². The molecular weight excluding hydrogens is 264 g/mol. The van der Waals surface area contributed by atoms with Gasteiger partial charge in [-0.15, -0.1) is 0 Å². The van der Waals surface area contributed by atoms with E-state index in [1.165, 1.54) is 18.4 Å². The summed E-state index contributed by atoms with van der Waals surface area (Å²) in [4.78, 5) is 2.35. The maximum atomic E-state index is 5.99. The van der Waals surface area contributed by atoms with Crippen LogP contribution in [-0.2, 0) is 6.54 Å². The number of halogens is 1. The number of nitrogens with zero attached hydrogens (tertiary/aromatic N) is 1. The number of nitrogens with two attached hydrogens (primary N) is 1. The fourth-order valence-electron chi connectivity index (χ4n) is 1.79. The summed E-state index contributed by atoms with van der Waals surface area (Å²) >= 11 is 3.56. The van der Waals surface area contributed by atoms with Gasteiger partial charge in [0.15, 0.2) is 0 Å². The molecule has 0 saturated heterocycles. The van der Waals surface area contributed by atoms with Crippen molar-refractivity contribution in [3.8, 4) is 0 Å². The van der Waals surface area contributed by atoms with Gasteiger partial charge in [0.2, 0.25) is 0 Å². The minimum Gasteiger partial charge on any atom is -0.398 e. The van der Waals surface area contributed by atoms with Crippen LogP contribution in [0.25, 0.3) is 0 Å². The van der Waals surface area contributed by atoms with Crippen molar-refractivity contribution in [1.29, 1.82) is 0 Å². The average Bonchev–Trinajstić information content (AvgIpc) is 2.23. The Morgan fingerprint density at radius 3 is 2.69 bits per heavy atom. The van der Waals surface area contributed by atoms with Crippen molar-refractivity contribution in [1.82, 2.24) is 4.90 Å². The highest BCUT2D eigenvalue weighted by Gasteiger charge is 2.12. The molecule has 0 aliphatic carbocycles. The predicted molar refractivity (Wildman–Crippen MR) is 74.4 cm³/mol. The Hall–Kier alpha value is -0.540. The third-order valence-electron chi connectivity index (χ3n) is 3.02. The first-order valence-electron chi connectivity index (χ1n) is 5.79. The lowest BCUT2D eigenvalue weighted by Crippen LogP contribution is -2.28. The third kappa shape index (κ3) is 3.49.